The Labute approximate surface area is 238 Å². The fraction of sp³-hybridized carbons (Fsp3) is 0.462. The smallest absolute Gasteiger partial charge is 0.312 e. The Kier molecular flexibility index (Phi) is 9.47. The minimum atomic E-state index is -3.52. The zero-order chi connectivity index (χ0) is 27.4. The van der Waals surface area contributed by atoms with Crippen LogP contribution >= 0.6 is 34.8 Å². The van der Waals surface area contributed by atoms with Crippen molar-refractivity contribution in [2.45, 2.75) is 43.5 Å². The third-order valence-corrected chi connectivity index (χ3v) is 10.3. The van der Waals surface area contributed by atoms with Gasteiger partial charge >= 0.3 is 11.8 Å². The summed E-state index contributed by atoms with van der Waals surface area (Å²) in [6.45, 7) is 4.58. The molecule has 38 heavy (non-hydrogen) atoms. The van der Waals surface area contributed by atoms with Crippen LogP contribution in [0.15, 0.2) is 41.3 Å². The molecule has 0 aromatic heterocycles. The number of nitrogens with one attached hydrogen (secondary N) is 1. The number of amides is 2. The molecular weight excluding hydrogens is 571 g/mol. The van der Waals surface area contributed by atoms with Crippen LogP contribution < -0.4 is 10.2 Å². The maximum absolute atomic E-state index is 13.0. The highest BCUT2D eigenvalue weighted by molar-refractivity contribution is 7.89. The molecule has 206 valence electrons. The molecular formula is C26H31Cl3N4O4S. The molecule has 4 rings (SSSR count). The van der Waals surface area contributed by atoms with Gasteiger partial charge in [0, 0.05) is 51.0 Å². The van der Waals surface area contributed by atoms with Crippen LogP contribution in [-0.4, -0.2) is 74.7 Å². The number of halogens is 3. The van der Waals surface area contributed by atoms with Gasteiger partial charge in [-0.25, -0.2) is 8.42 Å². The summed E-state index contributed by atoms with van der Waals surface area (Å²) in [6, 6.07) is 10.2. The molecule has 2 aromatic carbocycles. The number of piperazine rings is 1. The zero-order valence-electron chi connectivity index (χ0n) is 21.1. The third-order valence-electron chi connectivity index (χ3n) is 7.07. The molecule has 0 radical (unpaired) electrons. The number of hydrogen-bond donors (Lipinski definition) is 1. The van der Waals surface area contributed by atoms with Crippen LogP contribution in [0.1, 0.15) is 31.7 Å². The molecule has 2 aliphatic rings. The van der Waals surface area contributed by atoms with Crippen LogP contribution in [0.4, 0.5) is 5.69 Å². The molecule has 2 heterocycles. The van der Waals surface area contributed by atoms with Crippen LogP contribution in [0.5, 0.6) is 0 Å². The van der Waals surface area contributed by atoms with Crippen LogP contribution in [0.2, 0.25) is 15.1 Å². The van der Waals surface area contributed by atoms with E-state index in [1.54, 1.807) is 40.7 Å². The maximum Gasteiger partial charge on any atom is 0.312 e. The van der Waals surface area contributed by atoms with Crippen molar-refractivity contribution in [1.82, 2.24) is 14.5 Å². The predicted molar refractivity (Wildman–Crippen MR) is 151 cm³/mol. The van der Waals surface area contributed by atoms with Gasteiger partial charge in [-0.2, -0.15) is 4.31 Å². The summed E-state index contributed by atoms with van der Waals surface area (Å²) in [5.41, 5.74) is 1.68. The summed E-state index contributed by atoms with van der Waals surface area (Å²) in [6.07, 6.45) is 3.27. The molecule has 2 aromatic rings. The quantitative estimate of drug-likeness (QED) is 0.396. The van der Waals surface area contributed by atoms with E-state index in [1.807, 2.05) is 11.8 Å². The van der Waals surface area contributed by atoms with Gasteiger partial charge in [0.05, 0.1) is 20.0 Å². The molecule has 0 spiro atoms. The Morgan fingerprint density at radius 2 is 1.58 bits per heavy atom. The molecule has 2 amide bonds. The standard InChI is InChI=1S/C26H31Cl3N4O4S/c1-18-4-2-3-11-33(18)38(36,37)21-7-5-19(6-8-21)9-10-30-25(34)26(35)32-14-12-31(13-15-32)20-16-22(27)24(29)23(28)17-20/h5-8,16-18H,2-4,9-15H2,1H3,(H,30,34). The summed E-state index contributed by atoms with van der Waals surface area (Å²) in [5, 5.41) is 3.70. The Hall–Kier alpha value is -2.04. The maximum atomic E-state index is 13.0. The van der Waals surface area contributed by atoms with E-state index < -0.39 is 21.8 Å². The van der Waals surface area contributed by atoms with E-state index in [1.165, 1.54) is 4.90 Å². The van der Waals surface area contributed by atoms with Gasteiger partial charge in [0.1, 0.15) is 0 Å². The van der Waals surface area contributed by atoms with Gasteiger partial charge in [0.2, 0.25) is 10.0 Å². The molecule has 2 saturated heterocycles. The average Bonchev–Trinajstić information content (AvgIpc) is 2.91. The number of carbonyl (C=O) groups is 2. The van der Waals surface area contributed by atoms with Gasteiger partial charge in [0.25, 0.3) is 0 Å². The third kappa shape index (κ3) is 6.57. The van der Waals surface area contributed by atoms with Crippen molar-refractivity contribution in [3.8, 4) is 0 Å². The Morgan fingerprint density at radius 1 is 0.947 bits per heavy atom. The molecule has 8 nitrogen and oxygen atoms in total. The number of benzene rings is 2. The second kappa shape index (κ2) is 12.4. The van der Waals surface area contributed by atoms with E-state index in [2.05, 4.69) is 5.32 Å². The van der Waals surface area contributed by atoms with Crippen molar-refractivity contribution in [2.24, 2.45) is 0 Å². The fourth-order valence-corrected chi connectivity index (χ4v) is 7.11. The van der Waals surface area contributed by atoms with Crippen molar-refractivity contribution in [1.29, 1.82) is 0 Å². The highest BCUT2D eigenvalue weighted by Crippen LogP contribution is 2.35. The highest BCUT2D eigenvalue weighted by atomic mass is 35.5. The van der Waals surface area contributed by atoms with E-state index in [9.17, 15) is 18.0 Å². The molecule has 12 heteroatoms. The van der Waals surface area contributed by atoms with Crippen molar-refractivity contribution in [3.63, 3.8) is 0 Å². The number of nitrogens with zero attached hydrogens (tertiary/aromatic N) is 3. The van der Waals surface area contributed by atoms with Gasteiger partial charge in [-0.15, -0.1) is 0 Å². The van der Waals surface area contributed by atoms with E-state index >= 15 is 0 Å². The van der Waals surface area contributed by atoms with Crippen molar-refractivity contribution in [3.05, 3.63) is 57.0 Å². The van der Waals surface area contributed by atoms with Crippen molar-refractivity contribution in [2.75, 3.05) is 44.2 Å². The Bertz CT molecular complexity index is 1260. The molecule has 1 N–H and O–H groups in total. The first-order chi connectivity index (χ1) is 18.1. The van der Waals surface area contributed by atoms with Crippen molar-refractivity contribution >= 4 is 62.3 Å². The minimum Gasteiger partial charge on any atom is -0.368 e. The minimum absolute atomic E-state index is 0.00131. The van der Waals surface area contributed by atoms with Crippen LogP contribution in [0, 0.1) is 0 Å². The van der Waals surface area contributed by atoms with Gasteiger partial charge in [-0.1, -0.05) is 53.4 Å². The van der Waals surface area contributed by atoms with Crippen LogP contribution in [0.3, 0.4) is 0 Å². The number of carbonyl (C=O) groups excluding carboxylic acids is 2. The molecule has 2 fully saturated rings. The Morgan fingerprint density at radius 3 is 2.18 bits per heavy atom. The number of anilines is 1. The average molecular weight is 602 g/mol. The number of hydrogen-bond acceptors (Lipinski definition) is 5. The largest absolute Gasteiger partial charge is 0.368 e. The van der Waals surface area contributed by atoms with Crippen LogP contribution in [-0.2, 0) is 26.0 Å². The summed E-state index contributed by atoms with van der Waals surface area (Å²) < 4.78 is 27.6. The molecule has 1 unspecified atom stereocenters. The van der Waals surface area contributed by atoms with E-state index in [0.29, 0.717) is 54.2 Å². The van der Waals surface area contributed by atoms with E-state index in [0.717, 1.165) is 30.5 Å². The SMILES string of the molecule is CC1CCCCN1S(=O)(=O)c1ccc(CCNC(=O)C(=O)N2CCN(c3cc(Cl)c(Cl)c(Cl)c3)CC2)cc1. The van der Waals surface area contributed by atoms with Gasteiger partial charge in [-0.05, 0) is 56.0 Å². The molecule has 0 bridgehead atoms. The lowest BCUT2D eigenvalue weighted by Crippen LogP contribution is -2.52. The molecule has 1 atom stereocenters. The summed E-state index contributed by atoms with van der Waals surface area (Å²) in [7, 11) is -3.52. The molecule has 2 aliphatic heterocycles. The summed E-state index contributed by atoms with van der Waals surface area (Å²) in [5.74, 6) is -1.23. The number of rotatable bonds is 6. The van der Waals surface area contributed by atoms with Crippen molar-refractivity contribution < 1.29 is 18.0 Å². The molecule has 0 aliphatic carbocycles. The zero-order valence-corrected chi connectivity index (χ0v) is 24.2. The normalized spacial score (nSPS) is 18.9. The lowest BCUT2D eigenvalue weighted by Gasteiger charge is -2.36. The topological polar surface area (TPSA) is 90.0 Å². The first-order valence-electron chi connectivity index (χ1n) is 12.7. The molecule has 0 saturated carbocycles. The number of piperidine rings is 1. The first-order valence-corrected chi connectivity index (χ1v) is 15.2. The van der Waals surface area contributed by atoms with Crippen LogP contribution in [0.25, 0.3) is 0 Å². The second-order valence-corrected chi connectivity index (χ2v) is 12.7. The lowest BCUT2D eigenvalue weighted by molar-refractivity contribution is -0.146. The number of sulfonamides is 1. The van der Waals surface area contributed by atoms with Gasteiger partial charge < -0.3 is 15.1 Å². The highest BCUT2D eigenvalue weighted by Gasteiger charge is 2.31. The lowest BCUT2D eigenvalue weighted by atomic mass is 10.1. The monoisotopic (exact) mass is 600 g/mol. The first kappa shape index (κ1) is 29.0. The van der Waals surface area contributed by atoms with E-state index in [-0.39, 0.29) is 17.5 Å². The fourth-order valence-electron chi connectivity index (χ4n) is 4.82. The summed E-state index contributed by atoms with van der Waals surface area (Å²) >= 11 is 18.3. The predicted octanol–water partition coefficient (Wildman–Crippen LogP) is 4.22. The Balaban J connectivity index is 1.24. The van der Waals surface area contributed by atoms with E-state index in [4.69, 9.17) is 34.8 Å². The van der Waals surface area contributed by atoms with Gasteiger partial charge in [-0.3, -0.25) is 9.59 Å². The van der Waals surface area contributed by atoms with Gasteiger partial charge in [0.15, 0.2) is 0 Å². The summed E-state index contributed by atoms with van der Waals surface area (Å²) in [4.78, 5) is 28.9. The second-order valence-electron chi connectivity index (χ2n) is 9.61.